The van der Waals surface area contributed by atoms with E-state index in [1.165, 1.54) is 0 Å². The molecule has 18 heavy (non-hydrogen) atoms. The summed E-state index contributed by atoms with van der Waals surface area (Å²) in [6.45, 7) is 11.4. The lowest BCUT2D eigenvalue weighted by atomic mass is 10.2. The van der Waals surface area contributed by atoms with E-state index < -0.39 is 8.07 Å². The molecule has 0 fully saturated rings. The minimum atomic E-state index is -1.54. The first-order chi connectivity index (χ1) is 8.24. The maximum Gasteiger partial charge on any atom is 0.138 e. The molecule has 0 bridgehead atoms. The lowest BCUT2D eigenvalue weighted by molar-refractivity contribution is 0.731. The first-order valence-corrected chi connectivity index (χ1v) is 9.55. The third-order valence-corrected chi connectivity index (χ3v) is 8.35. The fourth-order valence-corrected chi connectivity index (χ4v) is 2.14. The molecule has 0 aliphatic rings. The molecular formula is C16H21ClSi. The molecule has 0 heterocycles. The summed E-state index contributed by atoms with van der Waals surface area (Å²) in [4.78, 5) is 0. The molecule has 1 rings (SSSR count). The summed E-state index contributed by atoms with van der Waals surface area (Å²) in [5, 5.41) is 0.995. The zero-order chi connectivity index (χ0) is 13.8. The molecule has 0 spiro atoms. The average Bonchev–Trinajstić information content (AvgIpc) is 2.28. The second kappa shape index (κ2) is 5.78. The van der Waals surface area contributed by atoms with E-state index in [0.29, 0.717) is 5.03 Å². The van der Waals surface area contributed by atoms with Gasteiger partial charge in [-0.25, -0.2) is 0 Å². The van der Waals surface area contributed by atoms with E-state index in [-0.39, 0.29) is 5.04 Å². The van der Waals surface area contributed by atoms with Crippen LogP contribution in [0, 0.1) is 11.5 Å². The predicted molar refractivity (Wildman–Crippen MR) is 85.2 cm³/mol. The van der Waals surface area contributed by atoms with Gasteiger partial charge in [-0.3, -0.25) is 0 Å². The van der Waals surface area contributed by atoms with Gasteiger partial charge in [0.25, 0.3) is 0 Å². The monoisotopic (exact) mass is 276 g/mol. The van der Waals surface area contributed by atoms with Crippen LogP contribution in [0.5, 0.6) is 0 Å². The highest BCUT2D eigenvalue weighted by Crippen LogP contribution is 2.35. The topological polar surface area (TPSA) is 0 Å². The van der Waals surface area contributed by atoms with Gasteiger partial charge in [0.05, 0.1) is 5.03 Å². The number of hydrogen-bond acceptors (Lipinski definition) is 0. The Balaban J connectivity index is 2.89. The van der Waals surface area contributed by atoms with Gasteiger partial charge in [-0.15, -0.1) is 5.54 Å². The van der Waals surface area contributed by atoms with Gasteiger partial charge >= 0.3 is 0 Å². The normalized spacial score (nSPS) is 12.9. The van der Waals surface area contributed by atoms with Crippen LogP contribution >= 0.6 is 11.6 Å². The first kappa shape index (κ1) is 15.1. The minimum Gasteiger partial charge on any atom is -0.126 e. The highest BCUT2D eigenvalue weighted by Gasteiger charge is 2.33. The van der Waals surface area contributed by atoms with Crippen molar-refractivity contribution in [3.63, 3.8) is 0 Å². The fourth-order valence-electron chi connectivity index (χ4n) is 1.15. The highest BCUT2D eigenvalue weighted by molar-refractivity contribution is 6.87. The van der Waals surface area contributed by atoms with Crippen LogP contribution in [0.2, 0.25) is 18.1 Å². The van der Waals surface area contributed by atoms with E-state index in [2.05, 4.69) is 45.3 Å². The zero-order valence-electron chi connectivity index (χ0n) is 11.8. The summed E-state index contributed by atoms with van der Waals surface area (Å²) in [5.74, 6) is 3.15. The molecule has 1 aromatic carbocycles. The Bertz CT molecular complexity index is 481. The van der Waals surface area contributed by atoms with Crippen LogP contribution in [0.15, 0.2) is 36.4 Å². The quantitative estimate of drug-likeness (QED) is 0.481. The number of hydrogen-bond donors (Lipinski definition) is 0. The van der Waals surface area contributed by atoms with E-state index in [0.717, 1.165) is 5.56 Å². The molecular weight excluding hydrogens is 256 g/mol. The standard InChI is InChI=1S/C16H21ClSi/c1-16(2,3)18(4,5)13-9-12-15(17)14-10-7-6-8-11-14/h6-8,10-12H,1-5H3/b15-12-. The first-order valence-electron chi connectivity index (χ1n) is 6.18. The van der Waals surface area contributed by atoms with Crippen molar-refractivity contribution in [1.82, 2.24) is 0 Å². The summed E-state index contributed by atoms with van der Waals surface area (Å²) in [7, 11) is -1.54. The lowest BCUT2D eigenvalue weighted by Gasteiger charge is -2.31. The zero-order valence-corrected chi connectivity index (χ0v) is 13.6. The van der Waals surface area contributed by atoms with Gasteiger partial charge in [-0.05, 0) is 10.6 Å². The van der Waals surface area contributed by atoms with E-state index in [9.17, 15) is 0 Å². The smallest absolute Gasteiger partial charge is 0.126 e. The third-order valence-electron chi connectivity index (χ3n) is 3.51. The molecule has 0 aromatic heterocycles. The summed E-state index contributed by atoms with van der Waals surface area (Å²) in [6, 6.07) is 9.92. The van der Waals surface area contributed by atoms with E-state index in [1.54, 1.807) is 0 Å². The summed E-state index contributed by atoms with van der Waals surface area (Å²) >= 11 is 6.22. The highest BCUT2D eigenvalue weighted by atomic mass is 35.5. The number of rotatable bonds is 1. The van der Waals surface area contributed by atoms with E-state index in [1.807, 2.05) is 36.4 Å². The molecule has 0 radical (unpaired) electrons. The molecule has 0 atom stereocenters. The molecule has 1 aromatic rings. The van der Waals surface area contributed by atoms with Gasteiger partial charge in [0.15, 0.2) is 0 Å². The van der Waals surface area contributed by atoms with Crippen molar-refractivity contribution in [2.75, 3.05) is 0 Å². The van der Waals surface area contributed by atoms with E-state index in [4.69, 9.17) is 11.6 Å². The Morgan fingerprint density at radius 3 is 2.22 bits per heavy atom. The molecule has 0 unspecified atom stereocenters. The van der Waals surface area contributed by atoms with Gasteiger partial charge in [-0.2, -0.15) is 0 Å². The second-order valence-electron chi connectivity index (χ2n) is 6.00. The molecule has 0 amide bonds. The SMILES string of the molecule is CC(C)(C)[Si](C)(C)C#C/C=C(\Cl)c1ccccc1. The Morgan fingerprint density at radius 1 is 1.17 bits per heavy atom. The summed E-state index contributed by atoms with van der Waals surface area (Å²) < 4.78 is 0. The predicted octanol–water partition coefficient (Wildman–Crippen LogP) is 5.32. The number of allylic oxidation sites excluding steroid dienone is 1. The van der Waals surface area contributed by atoms with E-state index >= 15 is 0 Å². The van der Waals surface area contributed by atoms with Crippen molar-refractivity contribution >= 4 is 24.7 Å². The largest absolute Gasteiger partial charge is 0.138 e. The Labute approximate surface area is 117 Å². The second-order valence-corrected chi connectivity index (χ2v) is 11.4. The maximum atomic E-state index is 6.22. The van der Waals surface area contributed by atoms with Gasteiger partial charge in [0.2, 0.25) is 0 Å². The molecule has 0 nitrogen and oxygen atoms in total. The summed E-state index contributed by atoms with van der Waals surface area (Å²) in [6.07, 6.45) is 1.82. The van der Waals surface area contributed by atoms with Crippen molar-refractivity contribution < 1.29 is 0 Å². The molecule has 0 aliphatic carbocycles. The van der Waals surface area contributed by atoms with Gasteiger partial charge < -0.3 is 0 Å². The molecule has 0 N–H and O–H groups in total. The Hall–Kier alpha value is -0.973. The van der Waals surface area contributed by atoms with Crippen LogP contribution in [0.3, 0.4) is 0 Å². The third kappa shape index (κ3) is 4.05. The summed E-state index contributed by atoms with van der Waals surface area (Å²) in [5.41, 5.74) is 4.44. The number of halogens is 1. The van der Waals surface area contributed by atoms with Gasteiger partial charge in [-0.1, -0.05) is 81.7 Å². The van der Waals surface area contributed by atoms with Crippen molar-refractivity contribution in [2.45, 2.75) is 38.9 Å². The Kier molecular flexibility index (Phi) is 4.84. The van der Waals surface area contributed by atoms with Gasteiger partial charge in [0, 0.05) is 6.08 Å². The van der Waals surface area contributed by atoms with Crippen LogP contribution in [0.1, 0.15) is 26.3 Å². The van der Waals surface area contributed by atoms with Gasteiger partial charge in [0.1, 0.15) is 8.07 Å². The van der Waals surface area contributed by atoms with Crippen molar-refractivity contribution in [1.29, 1.82) is 0 Å². The lowest BCUT2D eigenvalue weighted by Crippen LogP contribution is -2.35. The van der Waals surface area contributed by atoms with Crippen LogP contribution in [-0.2, 0) is 0 Å². The number of benzene rings is 1. The average molecular weight is 277 g/mol. The van der Waals surface area contributed by atoms with Crippen LogP contribution in [0.25, 0.3) is 5.03 Å². The maximum absolute atomic E-state index is 6.22. The molecule has 0 saturated carbocycles. The van der Waals surface area contributed by atoms with Crippen molar-refractivity contribution in [2.24, 2.45) is 0 Å². The Morgan fingerprint density at radius 2 is 1.72 bits per heavy atom. The molecule has 96 valence electrons. The van der Waals surface area contributed by atoms with Crippen LogP contribution in [-0.4, -0.2) is 8.07 Å². The molecule has 0 saturated heterocycles. The molecule has 2 heteroatoms. The van der Waals surface area contributed by atoms with Crippen LogP contribution < -0.4 is 0 Å². The minimum absolute atomic E-state index is 0.285. The molecule has 0 aliphatic heterocycles. The fraction of sp³-hybridized carbons (Fsp3) is 0.375. The van der Waals surface area contributed by atoms with Crippen molar-refractivity contribution in [3.05, 3.63) is 42.0 Å². The van der Waals surface area contributed by atoms with Crippen molar-refractivity contribution in [3.8, 4) is 11.5 Å². The van der Waals surface area contributed by atoms with Crippen LogP contribution in [0.4, 0.5) is 0 Å².